The molecule has 0 fully saturated rings. The molecule has 1 aliphatic rings. The van der Waals surface area contributed by atoms with E-state index in [0.29, 0.717) is 34.2 Å². The molecule has 34 heavy (non-hydrogen) atoms. The van der Waals surface area contributed by atoms with Crippen molar-refractivity contribution in [3.8, 4) is 11.5 Å². The first-order chi connectivity index (χ1) is 16.3. The van der Waals surface area contributed by atoms with Gasteiger partial charge in [0.1, 0.15) is 0 Å². The predicted octanol–water partition coefficient (Wildman–Crippen LogP) is 4.95. The molecule has 1 aromatic heterocycles. The van der Waals surface area contributed by atoms with Crippen molar-refractivity contribution >= 4 is 23.0 Å². The summed E-state index contributed by atoms with van der Waals surface area (Å²) in [6.45, 7) is 6.13. The minimum Gasteiger partial charge on any atom is -0.503 e. The summed E-state index contributed by atoms with van der Waals surface area (Å²) in [7, 11) is 1.53. The van der Waals surface area contributed by atoms with Gasteiger partial charge in [-0.1, -0.05) is 36.4 Å². The van der Waals surface area contributed by atoms with Gasteiger partial charge in [-0.05, 0) is 44.0 Å². The van der Waals surface area contributed by atoms with E-state index in [4.69, 9.17) is 9.47 Å². The van der Waals surface area contributed by atoms with Gasteiger partial charge in [0.25, 0.3) is 5.91 Å². The number of aliphatic hydroxyl groups is 1. The van der Waals surface area contributed by atoms with Crippen LogP contribution in [0, 0.1) is 13.8 Å². The number of carbonyl (C=O) groups excluding carboxylic acids is 2. The summed E-state index contributed by atoms with van der Waals surface area (Å²) in [5.41, 5.74) is 2.13. The van der Waals surface area contributed by atoms with Crippen LogP contribution in [0.2, 0.25) is 0 Å². The number of Topliss-reactive ketones (excluding diaryl/α,β-unsaturated/α-hetero) is 1. The van der Waals surface area contributed by atoms with Crippen LogP contribution in [-0.2, 0) is 11.3 Å². The van der Waals surface area contributed by atoms with E-state index in [0.717, 1.165) is 10.6 Å². The molecule has 176 valence electrons. The van der Waals surface area contributed by atoms with Gasteiger partial charge in [0.15, 0.2) is 17.3 Å². The molecule has 0 spiro atoms. The SMILES string of the molecule is CCOc1ccc(C2C(C(=O)c3sc(C)nc3C)=C(O)C(=O)N2Cc2ccccc2)cc1OC. The molecule has 0 saturated carbocycles. The molecule has 8 heteroatoms. The summed E-state index contributed by atoms with van der Waals surface area (Å²) in [5.74, 6) is -0.493. The monoisotopic (exact) mass is 478 g/mol. The number of ether oxygens (including phenoxy) is 2. The first-order valence-electron chi connectivity index (χ1n) is 10.9. The lowest BCUT2D eigenvalue weighted by Crippen LogP contribution is -2.30. The highest BCUT2D eigenvalue weighted by molar-refractivity contribution is 7.14. The van der Waals surface area contributed by atoms with E-state index in [-0.39, 0.29) is 12.1 Å². The van der Waals surface area contributed by atoms with Gasteiger partial charge in [-0.15, -0.1) is 11.3 Å². The molecular formula is C26H26N2O5S. The number of hydrogen-bond donors (Lipinski definition) is 1. The Kier molecular flexibility index (Phi) is 6.70. The lowest BCUT2D eigenvalue weighted by molar-refractivity contribution is -0.130. The fourth-order valence-corrected chi connectivity index (χ4v) is 5.04. The average molecular weight is 479 g/mol. The van der Waals surface area contributed by atoms with Gasteiger partial charge in [-0.25, -0.2) is 4.98 Å². The van der Waals surface area contributed by atoms with E-state index in [1.54, 1.807) is 25.1 Å². The molecular weight excluding hydrogens is 452 g/mol. The molecule has 0 saturated heterocycles. The Morgan fingerprint density at radius 2 is 1.88 bits per heavy atom. The fraction of sp³-hybridized carbons (Fsp3) is 0.269. The van der Waals surface area contributed by atoms with Crippen molar-refractivity contribution in [2.45, 2.75) is 33.4 Å². The van der Waals surface area contributed by atoms with E-state index in [2.05, 4.69) is 4.98 Å². The molecule has 0 aliphatic carbocycles. The Bertz CT molecular complexity index is 1270. The number of ketones is 1. The molecule has 2 aromatic carbocycles. The standard InChI is InChI=1S/C26H26N2O5S/c1-5-33-19-12-11-18(13-20(19)32-4)22-21(23(29)25-15(2)27-16(3)34-25)24(30)26(31)28(22)14-17-9-7-6-8-10-17/h6-13,22,30H,5,14H2,1-4H3. The zero-order chi connectivity index (χ0) is 24.4. The zero-order valence-corrected chi connectivity index (χ0v) is 20.3. The molecule has 1 unspecified atom stereocenters. The second-order valence-electron chi connectivity index (χ2n) is 7.90. The molecule has 4 rings (SSSR count). The van der Waals surface area contributed by atoms with Crippen LogP contribution in [0.25, 0.3) is 0 Å². The smallest absolute Gasteiger partial charge is 0.290 e. The van der Waals surface area contributed by atoms with Crippen molar-refractivity contribution < 1.29 is 24.2 Å². The highest BCUT2D eigenvalue weighted by Crippen LogP contribution is 2.43. The van der Waals surface area contributed by atoms with Gasteiger partial charge in [0, 0.05) is 6.54 Å². The van der Waals surface area contributed by atoms with Crippen molar-refractivity contribution in [3.63, 3.8) is 0 Å². The van der Waals surface area contributed by atoms with Crippen LogP contribution in [-0.4, -0.2) is 40.4 Å². The maximum absolute atomic E-state index is 13.7. The van der Waals surface area contributed by atoms with Gasteiger partial charge in [0.05, 0.1) is 40.9 Å². The third-order valence-electron chi connectivity index (χ3n) is 5.66. The molecule has 3 aromatic rings. The summed E-state index contributed by atoms with van der Waals surface area (Å²) in [4.78, 5) is 33.2. The van der Waals surface area contributed by atoms with E-state index in [1.807, 2.05) is 44.2 Å². The Hall–Kier alpha value is -3.65. The lowest BCUT2D eigenvalue weighted by atomic mass is 9.94. The van der Waals surface area contributed by atoms with E-state index in [9.17, 15) is 14.7 Å². The van der Waals surface area contributed by atoms with Crippen LogP contribution < -0.4 is 9.47 Å². The zero-order valence-electron chi connectivity index (χ0n) is 19.5. The first-order valence-corrected chi connectivity index (χ1v) is 11.7. The van der Waals surface area contributed by atoms with Gasteiger partial charge in [0.2, 0.25) is 5.78 Å². The largest absolute Gasteiger partial charge is 0.503 e. The summed E-state index contributed by atoms with van der Waals surface area (Å²) in [6, 6.07) is 13.9. The van der Waals surface area contributed by atoms with E-state index in [1.165, 1.54) is 23.3 Å². The number of methoxy groups -OCH3 is 1. The van der Waals surface area contributed by atoms with Gasteiger partial charge in [-0.2, -0.15) is 0 Å². The van der Waals surface area contributed by atoms with Crippen LogP contribution in [0.5, 0.6) is 11.5 Å². The van der Waals surface area contributed by atoms with Gasteiger partial charge >= 0.3 is 0 Å². The van der Waals surface area contributed by atoms with E-state index >= 15 is 0 Å². The number of carbonyl (C=O) groups is 2. The van der Waals surface area contributed by atoms with Crippen LogP contribution in [0.3, 0.4) is 0 Å². The first kappa shape index (κ1) is 23.5. The average Bonchev–Trinajstić information content (AvgIpc) is 3.30. The Labute approximate surface area is 202 Å². The van der Waals surface area contributed by atoms with Crippen molar-refractivity contribution in [2.24, 2.45) is 0 Å². The number of aliphatic hydroxyl groups excluding tert-OH is 1. The summed E-state index contributed by atoms with van der Waals surface area (Å²) in [5, 5.41) is 11.7. The Balaban J connectivity index is 1.84. The normalized spacial score (nSPS) is 15.7. The van der Waals surface area contributed by atoms with Crippen LogP contribution >= 0.6 is 11.3 Å². The van der Waals surface area contributed by atoms with Crippen molar-refractivity contribution in [1.82, 2.24) is 9.88 Å². The predicted molar refractivity (Wildman–Crippen MR) is 129 cm³/mol. The Morgan fingerprint density at radius 1 is 1.15 bits per heavy atom. The quantitative estimate of drug-likeness (QED) is 0.461. The van der Waals surface area contributed by atoms with Crippen molar-refractivity contribution in [3.05, 3.63) is 86.6 Å². The molecule has 7 nitrogen and oxygen atoms in total. The number of benzene rings is 2. The third kappa shape index (κ3) is 4.28. The third-order valence-corrected chi connectivity index (χ3v) is 6.73. The van der Waals surface area contributed by atoms with Gasteiger partial charge < -0.3 is 19.5 Å². The summed E-state index contributed by atoms with van der Waals surface area (Å²) in [6.07, 6.45) is 0. The molecule has 0 bridgehead atoms. The molecule has 1 N–H and O–H groups in total. The second kappa shape index (κ2) is 9.69. The fourth-order valence-electron chi connectivity index (χ4n) is 4.17. The highest BCUT2D eigenvalue weighted by atomic mass is 32.1. The highest BCUT2D eigenvalue weighted by Gasteiger charge is 2.44. The number of aryl methyl sites for hydroxylation is 2. The number of amides is 1. The van der Waals surface area contributed by atoms with Crippen LogP contribution in [0.1, 0.15) is 44.5 Å². The van der Waals surface area contributed by atoms with E-state index < -0.39 is 23.5 Å². The molecule has 1 atom stereocenters. The summed E-state index contributed by atoms with van der Waals surface area (Å²) >= 11 is 1.25. The number of hydrogen-bond acceptors (Lipinski definition) is 7. The summed E-state index contributed by atoms with van der Waals surface area (Å²) < 4.78 is 11.1. The molecule has 2 heterocycles. The molecule has 1 amide bonds. The lowest BCUT2D eigenvalue weighted by Gasteiger charge is -2.27. The van der Waals surface area contributed by atoms with Crippen molar-refractivity contribution in [2.75, 3.05) is 13.7 Å². The second-order valence-corrected chi connectivity index (χ2v) is 9.11. The topological polar surface area (TPSA) is 89.0 Å². The van der Waals surface area contributed by atoms with Crippen LogP contribution in [0.4, 0.5) is 0 Å². The van der Waals surface area contributed by atoms with Crippen LogP contribution in [0.15, 0.2) is 59.9 Å². The Morgan fingerprint density at radius 3 is 2.50 bits per heavy atom. The maximum Gasteiger partial charge on any atom is 0.290 e. The van der Waals surface area contributed by atoms with Crippen molar-refractivity contribution in [1.29, 1.82) is 0 Å². The number of thiazole rings is 1. The minimum absolute atomic E-state index is 0.0406. The van der Waals surface area contributed by atoms with Gasteiger partial charge in [-0.3, -0.25) is 9.59 Å². The number of nitrogens with zero attached hydrogens (tertiary/aromatic N) is 2. The number of rotatable bonds is 8. The maximum atomic E-state index is 13.7. The molecule has 0 radical (unpaired) electrons. The minimum atomic E-state index is -0.799. The molecule has 1 aliphatic heterocycles. The number of aromatic nitrogens is 1.